The van der Waals surface area contributed by atoms with E-state index in [0.717, 1.165) is 11.6 Å². The summed E-state index contributed by atoms with van der Waals surface area (Å²) < 4.78 is 40.9. The van der Waals surface area contributed by atoms with Crippen LogP contribution in [0, 0.1) is 11.8 Å². The maximum Gasteiger partial charge on any atom is 0.391 e. The van der Waals surface area contributed by atoms with Gasteiger partial charge in [0.2, 0.25) is 5.91 Å². The summed E-state index contributed by atoms with van der Waals surface area (Å²) in [6, 6.07) is 0. The van der Waals surface area contributed by atoms with Gasteiger partial charge < -0.3 is 9.47 Å². The summed E-state index contributed by atoms with van der Waals surface area (Å²) in [5, 5.41) is 8.32. The lowest BCUT2D eigenvalue weighted by Crippen LogP contribution is -2.44. The van der Waals surface area contributed by atoms with E-state index in [1.54, 1.807) is 4.90 Å². The van der Waals surface area contributed by atoms with E-state index in [2.05, 4.69) is 10.2 Å². The van der Waals surface area contributed by atoms with Gasteiger partial charge in [-0.3, -0.25) is 4.79 Å². The van der Waals surface area contributed by atoms with Crippen molar-refractivity contribution in [2.75, 3.05) is 6.54 Å². The van der Waals surface area contributed by atoms with E-state index < -0.39 is 18.0 Å². The Labute approximate surface area is 139 Å². The average molecular weight is 344 g/mol. The molecular formula is C16H23F3N4O. The van der Waals surface area contributed by atoms with E-state index in [1.165, 1.54) is 0 Å². The third-order valence-corrected chi connectivity index (χ3v) is 5.10. The molecule has 1 aliphatic carbocycles. The zero-order valence-electron chi connectivity index (χ0n) is 14.0. The molecule has 0 saturated heterocycles. The van der Waals surface area contributed by atoms with E-state index in [1.807, 2.05) is 18.4 Å². The van der Waals surface area contributed by atoms with Gasteiger partial charge in [0.1, 0.15) is 5.82 Å². The summed E-state index contributed by atoms with van der Waals surface area (Å²) in [5.74, 6) is -0.164. The Hall–Kier alpha value is -1.60. The van der Waals surface area contributed by atoms with Gasteiger partial charge in [0, 0.05) is 24.9 Å². The number of rotatable bonds is 2. The minimum atomic E-state index is -4.20. The summed E-state index contributed by atoms with van der Waals surface area (Å²) in [6.45, 7) is 5.53. The summed E-state index contributed by atoms with van der Waals surface area (Å²) in [6.07, 6.45) is -3.14. The van der Waals surface area contributed by atoms with Crippen molar-refractivity contribution in [2.24, 2.45) is 11.8 Å². The second-order valence-corrected chi connectivity index (χ2v) is 7.14. The van der Waals surface area contributed by atoms with Crippen LogP contribution >= 0.6 is 0 Å². The van der Waals surface area contributed by atoms with Crippen molar-refractivity contribution in [2.45, 2.75) is 64.7 Å². The van der Waals surface area contributed by atoms with Gasteiger partial charge in [0.25, 0.3) is 0 Å². The average Bonchev–Trinajstić information content (AvgIpc) is 2.96. The quantitative estimate of drug-likeness (QED) is 0.828. The number of hydrogen-bond donors (Lipinski definition) is 0. The number of amides is 1. The van der Waals surface area contributed by atoms with Crippen LogP contribution in [-0.4, -0.2) is 38.3 Å². The lowest BCUT2D eigenvalue weighted by atomic mass is 9.80. The van der Waals surface area contributed by atoms with E-state index in [4.69, 9.17) is 0 Å². The molecule has 1 aromatic heterocycles. The molecule has 8 heteroatoms. The molecule has 1 amide bonds. The lowest BCUT2D eigenvalue weighted by molar-refractivity contribution is -0.187. The van der Waals surface area contributed by atoms with E-state index >= 15 is 0 Å². The highest BCUT2D eigenvalue weighted by Crippen LogP contribution is 2.40. The first-order valence-electron chi connectivity index (χ1n) is 8.55. The van der Waals surface area contributed by atoms with E-state index in [-0.39, 0.29) is 24.7 Å². The molecule has 2 unspecified atom stereocenters. The maximum absolute atomic E-state index is 12.9. The highest BCUT2D eigenvalue weighted by Gasteiger charge is 2.44. The highest BCUT2D eigenvalue weighted by atomic mass is 19.4. The fourth-order valence-electron chi connectivity index (χ4n) is 3.77. The van der Waals surface area contributed by atoms with Gasteiger partial charge >= 0.3 is 6.18 Å². The van der Waals surface area contributed by atoms with Gasteiger partial charge in [-0.15, -0.1) is 10.2 Å². The van der Waals surface area contributed by atoms with Crippen LogP contribution in [0.4, 0.5) is 13.2 Å². The van der Waals surface area contributed by atoms with Crippen LogP contribution in [0.2, 0.25) is 0 Å². The van der Waals surface area contributed by atoms with Crippen LogP contribution in [0.3, 0.4) is 0 Å². The Kier molecular flexibility index (Phi) is 4.57. The van der Waals surface area contributed by atoms with Crippen LogP contribution in [0.1, 0.15) is 57.1 Å². The van der Waals surface area contributed by atoms with Crippen LogP contribution in [0.15, 0.2) is 0 Å². The Bertz CT molecular complexity index is 611. The molecule has 0 aromatic carbocycles. The van der Waals surface area contributed by atoms with Crippen molar-refractivity contribution in [1.29, 1.82) is 0 Å². The predicted molar refractivity (Wildman–Crippen MR) is 81.0 cm³/mol. The molecule has 0 radical (unpaired) electrons. The Balaban J connectivity index is 1.68. The molecule has 0 bridgehead atoms. The van der Waals surface area contributed by atoms with Gasteiger partial charge in [-0.25, -0.2) is 0 Å². The Morgan fingerprint density at radius 1 is 1.21 bits per heavy atom. The van der Waals surface area contributed by atoms with E-state index in [9.17, 15) is 18.0 Å². The molecule has 2 aliphatic rings. The lowest BCUT2D eigenvalue weighted by Gasteiger charge is -2.35. The van der Waals surface area contributed by atoms with Gasteiger partial charge in [0.05, 0.1) is 12.5 Å². The molecule has 0 spiro atoms. The number of nitrogens with zero attached hydrogens (tertiary/aromatic N) is 4. The standard InChI is InChI=1S/C16H23F3N4O/c1-10(2)14-21-20-13-9-22(6-7-23(13)14)15(24)11-4-3-5-12(8-11)16(17,18)19/h10-12H,3-9H2,1-2H3. The summed E-state index contributed by atoms with van der Waals surface area (Å²) in [7, 11) is 0. The van der Waals surface area contributed by atoms with Gasteiger partial charge in [-0.1, -0.05) is 20.3 Å². The third-order valence-electron chi connectivity index (χ3n) is 5.10. The maximum atomic E-state index is 12.9. The highest BCUT2D eigenvalue weighted by molar-refractivity contribution is 5.79. The molecular weight excluding hydrogens is 321 g/mol. The van der Waals surface area contributed by atoms with Crippen molar-refractivity contribution >= 4 is 5.91 Å². The molecule has 134 valence electrons. The SMILES string of the molecule is CC(C)c1nnc2n1CCN(C(=O)C1CCCC(C(F)(F)F)C1)C2. The minimum absolute atomic E-state index is 0.0806. The number of halogens is 3. The molecule has 1 saturated carbocycles. The largest absolute Gasteiger partial charge is 0.391 e. The van der Waals surface area contributed by atoms with Crippen LogP contribution < -0.4 is 0 Å². The topological polar surface area (TPSA) is 51.0 Å². The molecule has 2 atom stereocenters. The summed E-state index contributed by atoms with van der Waals surface area (Å²) >= 11 is 0. The second kappa shape index (κ2) is 6.37. The van der Waals surface area contributed by atoms with Gasteiger partial charge in [0.15, 0.2) is 5.82 Å². The molecule has 0 N–H and O–H groups in total. The van der Waals surface area contributed by atoms with Crippen molar-refractivity contribution in [1.82, 2.24) is 19.7 Å². The van der Waals surface area contributed by atoms with E-state index in [0.29, 0.717) is 32.5 Å². The van der Waals surface area contributed by atoms with Gasteiger partial charge in [-0.05, 0) is 19.3 Å². The van der Waals surface area contributed by atoms with Crippen molar-refractivity contribution in [3.63, 3.8) is 0 Å². The van der Waals surface area contributed by atoms with Crippen molar-refractivity contribution in [3.8, 4) is 0 Å². The first kappa shape index (κ1) is 17.2. The monoisotopic (exact) mass is 344 g/mol. The Morgan fingerprint density at radius 2 is 1.96 bits per heavy atom. The fraction of sp³-hybridized carbons (Fsp3) is 0.812. The molecule has 2 heterocycles. The minimum Gasteiger partial charge on any atom is -0.333 e. The predicted octanol–water partition coefficient (Wildman–Crippen LogP) is 3.11. The van der Waals surface area contributed by atoms with Crippen molar-refractivity contribution < 1.29 is 18.0 Å². The number of carbonyl (C=O) groups is 1. The number of aromatic nitrogens is 3. The second-order valence-electron chi connectivity index (χ2n) is 7.14. The zero-order valence-corrected chi connectivity index (χ0v) is 14.0. The summed E-state index contributed by atoms with van der Waals surface area (Å²) in [5.41, 5.74) is 0. The first-order chi connectivity index (χ1) is 11.3. The van der Waals surface area contributed by atoms with Crippen LogP contribution in [-0.2, 0) is 17.9 Å². The first-order valence-corrected chi connectivity index (χ1v) is 8.55. The smallest absolute Gasteiger partial charge is 0.333 e. The van der Waals surface area contributed by atoms with Gasteiger partial charge in [-0.2, -0.15) is 13.2 Å². The van der Waals surface area contributed by atoms with Crippen LogP contribution in [0.5, 0.6) is 0 Å². The normalized spacial score (nSPS) is 25.0. The molecule has 1 fully saturated rings. The zero-order chi connectivity index (χ0) is 17.5. The third kappa shape index (κ3) is 3.28. The molecule has 24 heavy (non-hydrogen) atoms. The molecule has 1 aromatic rings. The number of carbonyl (C=O) groups excluding carboxylic acids is 1. The van der Waals surface area contributed by atoms with Crippen LogP contribution in [0.25, 0.3) is 0 Å². The molecule has 1 aliphatic heterocycles. The number of fused-ring (bicyclic) bond motifs is 1. The number of alkyl halides is 3. The number of hydrogen-bond acceptors (Lipinski definition) is 3. The Morgan fingerprint density at radius 3 is 2.62 bits per heavy atom. The molecule has 5 nitrogen and oxygen atoms in total. The molecule has 3 rings (SSSR count). The summed E-state index contributed by atoms with van der Waals surface area (Å²) in [4.78, 5) is 14.3. The fourth-order valence-corrected chi connectivity index (χ4v) is 3.77. The van der Waals surface area contributed by atoms with Crippen molar-refractivity contribution in [3.05, 3.63) is 11.6 Å².